The highest BCUT2D eigenvalue weighted by atomic mass is 16.6. The van der Waals surface area contributed by atoms with Crippen LogP contribution in [0.2, 0.25) is 0 Å². The molecule has 0 saturated carbocycles. The summed E-state index contributed by atoms with van der Waals surface area (Å²) in [5, 5.41) is 2.15. The molecule has 0 fully saturated rings. The molecule has 0 heterocycles. The van der Waals surface area contributed by atoms with Crippen LogP contribution < -0.4 is 11.1 Å². The van der Waals surface area contributed by atoms with Crippen molar-refractivity contribution in [1.82, 2.24) is 5.32 Å². The van der Waals surface area contributed by atoms with Crippen LogP contribution in [0, 0.1) is 0 Å². The van der Waals surface area contributed by atoms with Gasteiger partial charge in [-0.3, -0.25) is 4.79 Å². The van der Waals surface area contributed by atoms with Crippen molar-refractivity contribution in [3.63, 3.8) is 0 Å². The maximum atomic E-state index is 11.1. The molecule has 0 aromatic carbocycles. The van der Waals surface area contributed by atoms with Gasteiger partial charge in [0.25, 0.3) is 0 Å². The summed E-state index contributed by atoms with van der Waals surface area (Å²) < 4.78 is 9.32. The zero-order valence-electron chi connectivity index (χ0n) is 9.82. The van der Waals surface area contributed by atoms with E-state index in [9.17, 15) is 14.4 Å². The molecule has 0 spiro atoms. The van der Waals surface area contributed by atoms with Gasteiger partial charge >= 0.3 is 11.9 Å². The van der Waals surface area contributed by atoms with Crippen LogP contribution in [0.1, 0.15) is 13.8 Å². The monoisotopic (exact) mass is 244 g/mol. The molecule has 1 amide bonds. The van der Waals surface area contributed by atoms with Crippen LogP contribution in [0.15, 0.2) is 12.2 Å². The summed E-state index contributed by atoms with van der Waals surface area (Å²) in [7, 11) is 0. The van der Waals surface area contributed by atoms with Gasteiger partial charge in [-0.15, -0.1) is 0 Å². The maximum Gasteiger partial charge on any atom is 0.343 e. The summed E-state index contributed by atoms with van der Waals surface area (Å²) >= 11 is 0. The van der Waals surface area contributed by atoms with Crippen molar-refractivity contribution in [1.29, 1.82) is 0 Å². The largest absolute Gasteiger partial charge is 0.460 e. The molecule has 3 N–H and O–H groups in total. The van der Waals surface area contributed by atoms with Crippen LogP contribution in [-0.2, 0) is 23.9 Å². The number of amides is 1. The fourth-order valence-electron chi connectivity index (χ4n) is 0.768. The summed E-state index contributed by atoms with van der Waals surface area (Å²) in [6.45, 7) is 5.88. The molecule has 0 aromatic rings. The lowest BCUT2D eigenvalue weighted by Gasteiger charge is -2.11. The van der Waals surface area contributed by atoms with E-state index in [1.165, 1.54) is 13.8 Å². The summed E-state index contributed by atoms with van der Waals surface area (Å²) in [5.41, 5.74) is 5.54. The van der Waals surface area contributed by atoms with Crippen LogP contribution in [-0.4, -0.2) is 37.2 Å². The fourth-order valence-corrected chi connectivity index (χ4v) is 0.768. The third kappa shape index (κ3) is 7.07. The van der Waals surface area contributed by atoms with E-state index in [4.69, 9.17) is 5.73 Å². The van der Waals surface area contributed by atoms with E-state index in [-0.39, 0.29) is 18.8 Å². The van der Waals surface area contributed by atoms with E-state index in [1.807, 2.05) is 0 Å². The summed E-state index contributed by atoms with van der Waals surface area (Å²) in [6.07, 6.45) is -1.22. The summed E-state index contributed by atoms with van der Waals surface area (Å²) in [5.74, 6) is -1.80. The number of hydrogen-bond donors (Lipinski definition) is 2. The standard InChI is InChI=1S/C10H16N2O5/c1-6(2)9(14)16-4-5-17-10(15)8(11)12-7(3)13/h8H,1,4-5,11H2,2-3H3,(H,12,13). The first-order valence-corrected chi connectivity index (χ1v) is 4.86. The molecule has 1 unspecified atom stereocenters. The minimum atomic E-state index is -1.22. The molecule has 7 nitrogen and oxygen atoms in total. The molecule has 96 valence electrons. The lowest BCUT2D eigenvalue weighted by molar-refractivity contribution is -0.152. The normalized spacial score (nSPS) is 11.2. The van der Waals surface area contributed by atoms with Crippen LogP contribution in [0.4, 0.5) is 0 Å². The van der Waals surface area contributed by atoms with Gasteiger partial charge < -0.3 is 20.5 Å². The molecule has 0 aromatic heterocycles. The predicted molar refractivity (Wildman–Crippen MR) is 58.5 cm³/mol. The highest BCUT2D eigenvalue weighted by Gasteiger charge is 2.15. The fraction of sp³-hybridized carbons (Fsp3) is 0.500. The Morgan fingerprint density at radius 3 is 2.24 bits per heavy atom. The Kier molecular flexibility index (Phi) is 6.57. The third-order valence-electron chi connectivity index (χ3n) is 1.52. The second kappa shape index (κ2) is 7.39. The minimum absolute atomic E-state index is 0.0930. The lowest BCUT2D eigenvalue weighted by atomic mass is 10.4. The quantitative estimate of drug-likeness (QED) is 0.270. The van der Waals surface area contributed by atoms with Gasteiger partial charge in [-0.25, -0.2) is 9.59 Å². The molecule has 0 saturated heterocycles. The molecule has 1 atom stereocenters. The van der Waals surface area contributed by atoms with Crippen LogP contribution in [0.25, 0.3) is 0 Å². The average Bonchev–Trinajstić information content (AvgIpc) is 2.22. The van der Waals surface area contributed by atoms with Gasteiger partial charge in [-0.2, -0.15) is 0 Å². The van der Waals surface area contributed by atoms with E-state index >= 15 is 0 Å². The second-order valence-electron chi connectivity index (χ2n) is 3.26. The Labute approximate surface area is 98.9 Å². The molecule has 0 aliphatic carbocycles. The van der Waals surface area contributed by atoms with Crippen molar-refractivity contribution >= 4 is 17.8 Å². The minimum Gasteiger partial charge on any atom is -0.460 e. The van der Waals surface area contributed by atoms with Gasteiger partial charge in [0.05, 0.1) is 0 Å². The molecule has 0 radical (unpaired) electrons. The van der Waals surface area contributed by atoms with E-state index in [1.54, 1.807) is 0 Å². The smallest absolute Gasteiger partial charge is 0.343 e. The molecule has 0 aliphatic rings. The molecule has 0 aliphatic heterocycles. The number of carbonyl (C=O) groups excluding carboxylic acids is 3. The zero-order chi connectivity index (χ0) is 13.4. The van der Waals surface area contributed by atoms with Gasteiger partial charge in [0.2, 0.25) is 5.91 Å². The zero-order valence-corrected chi connectivity index (χ0v) is 9.82. The van der Waals surface area contributed by atoms with Crippen molar-refractivity contribution in [3.8, 4) is 0 Å². The van der Waals surface area contributed by atoms with E-state index in [0.29, 0.717) is 0 Å². The van der Waals surface area contributed by atoms with E-state index in [0.717, 1.165) is 0 Å². The predicted octanol–water partition coefficient (Wildman–Crippen LogP) is -0.930. The van der Waals surface area contributed by atoms with Crippen molar-refractivity contribution < 1.29 is 23.9 Å². The molecule has 17 heavy (non-hydrogen) atoms. The van der Waals surface area contributed by atoms with Gasteiger partial charge in [0.1, 0.15) is 13.2 Å². The Bertz CT molecular complexity index is 327. The maximum absolute atomic E-state index is 11.1. The number of carbonyl (C=O) groups is 3. The van der Waals surface area contributed by atoms with Gasteiger partial charge in [0, 0.05) is 12.5 Å². The highest BCUT2D eigenvalue weighted by molar-refractivity contribution is 5.87. The summed E-state index contributed by atoms with van der Waals surface area (Å²) in [6, 6.07) is 0. The number of nitrogens with two attached hydrogens (primary N) is 1. The molecular weight excluding hydrogens is 228 g/mol. The van der Waals surface area contributed by atoms with Crippen molar-refractivity contribution in [2.75, 3.05) is 13.2 Å². The van der Waals surface area contributed by atoms with Gasteiger partial charge in [-0.05, 0) is 6.92 Å². The second-order valence-corrected chi connectivity index (χ2v) is 3.26. The number of rotatable bonds is 6. The first-order chi connectivity index (χ1) is 7.84. The Balaban J connectivity index is 3.75. The summed E-state index contributed by atoms with van der Waals surface area (Å²) in [4.78, 5) is 32.6. The van der Waals surface area contributed by atoms with E-state index in [2.05, 4.69) is 21.4 Å². The van der Waals surface area contributed by atoms with Crippen molar-refractivity contribution in [2.24, 2.45) is 5.73 Å². The Hall–Kier alpha value is -1.89. The third-order valence-corrected chi connectivity index (χ3v) is 1.52. The van der Waals surface area contributed by atoms with Crippen LogP contribution in [0.3, 0.4) is 0 Å². The first-order valence-electron chi connectivity index (χ1n) is 4.86. The van der Waals surface area contributed by atoms with Crippen molar-refractivity contribution in [3.05, 3.63) is 12.2 Å². The molecule has 0 bridgehead atoms. The number of esters is 2. The number of ether oxygens (including phenoxy) is 2. The van der Waals surface area contributed by atoms with Gasteiger partial charge in [-0.1, -0.05) is 6.58 Å². The Morgan fingerprint density at radius 1 is 1.24 bits per heavy atom. The van der Waals surface area contributed by atoms with Gasteiger partial charge in [0.15, 0.2) is 6.17 Å². The number of hydrogen-bond acceptors (Lipinski definition) is 6. The lowest BCUT2D eigenvalue weighted by Crippen LogP contribution is -2.47. The molecule has 7 heteroatoms. The average molecular weight is 244 g/mol. The van der Waals surface area contributed by atoms with Crippen LogP contribution >= 0.6 is 0 Å². The first kappa shape index (κ1) is 15.1. The van der Waals surface area contributed by atoms with E-state index < -0.39 is 24.0 Å². The SMILES string of the molecule is C=C(C)C(=O)OCCOC(=O)C(N)NC(C)=O. The molecule has 0 rings (SSSR count). The van der Waals surface area contributed by atoms with Crippen molar-refractivity contribution in [2.45, 2.75) is 20.0 Å². The Morgan fingerprint density at radius 2 is 1.76 bits per heavy atom. The van der Waals surface area contributed by atoms with Crippen LogP contribution in [0.5, 0.6) is 0 Å². The number of nitrogens with one attached hydrogen (secondary N) is 1. The molecular formula is C10H16N2O5. The topological polar surface area (TPSA) is 108 Å². The highest BCUT2D eigenvalue weighted by Crippen LogP contribution is 1.92.